The van der Waals surface area contributed by atoms with Crippen LogP contribution in [0.15, 0.2) is 24.3 Å². The predicted molar refractivity (Wildman–Crippen MR) is 103 cm³/mol. The van der Waals surface area contributed by atoms with Crippen molar-refractivity contribution in [3.8, 4) is 6.07 Å². The Hall–Kier alpha value is -2.88. The van der Waals surface area contributed by atoms with E-state index in [9.17, 15) is 19.6 Å². The van der Waals surface area contributed by atoms with Gasteiger partial charge in [-0.05, 0) is 50.2 Å². The van der Waals surface area contributed by atoms with Gasteiger partial charge < -0.3 is 10.6 Å². The van der Waals surface area contributed by atoms with E-state index in [0.717, 1.165) is 30.6 Å². The van der Waals surface area contributed by atoms with Gasteiger partial charge in [0.25, 0.3) is 5.91 Å². The molecular weight excluding hydrogens is 356 g/mol. The summed E-state index contributed by atoms with van der Waals surface area (Å²) in [5.74, 6) is -0.956. The van der Waals surface area contributed by atoms with Gasteiger partial charge in [0.2, 0.25) is 5.91 Å². The summed E-state index contributed by atoms with van der Waals surface area (Å²) in [6.07, 6.45) is 4.92. The molecule has 1 aromatic rings. The van der Waals surface area contributed by atoms with Crippen LogP contribution in [0.25, 0.3) is 0 Å². The van der Waals surface area contributed by atoms with E-state index in [1.165, 1.54) is 5.56 Å². The highest BCUT2D eigenvalue weighted by Gasteiger charge is 2.49. The minimum atomic E-state index is -1.21. The molecule has 7 heteroatoms. The molecule has 4 amide bonds. The van der Waals surface area contributed by atoms with Gasteiger partial charge in [0.1, 0.15) is 17.6 Å². The molecule has 1 saturated carbocycles. The number of imide groups is 1. The molecule has 7 nitrogen and oxygen atoms in total. The quantitative estimate of drug-likeness (QED) is 0.737. The molecule has 2 N–H and O–H groups in total. The largest absolute Gasteiger partial charge is 0.336 e. The van der Waals surface area contributed by atoms with Gasteiger partial charge in [0.15, 0.2) is 0 Å². The Morgan fingerprint density at radius 2 is 1.89 bits per heavy atom. The van der Waals surface area contributed by atoms with E-state index in [4.69, 9.17) is 0 Å². The van der Waals surface area contributed by atoms with Gasteiger partial charge in [-0.1, -0.05) is 37.6 Å². The summed E-state index contributed by atoms with van der Waals surface area (Å²) in [5, 5.41) is 14.8. The maximum atomic E-state index is 13.0. The highest BCUT2D eigenvalue weighted by molar-refractivity contribution is 6.09. The number of nitrogens with zero attached hydrogens (tertiary/aromatic N) is 2. The number of benzene rings is 1. The summed E-state index contributed by atoms with van der Waals surface area (Å²) >= 11 is 0. The Labute approximate surface area is 165 Å². The zero-order valence-electron chi connectivity index (χ0n) is 16.4. The third-order valence-electron chi connectivity index (χ3n) is 5.70. The molecule has 1 unspecified atom stereocenters. The topological polar surface area (TPSA) is 102 Å². The average molecular weight is 382 g/mol. The highest BCUT2D eigenvalue weighted by atomic mass is 16.2. The monoisotopic (exact) mass is 382 g/mol. The van der Waals surface area contributed by atoms with E-state index in [2.05, 4.69) is 23.6 Å². The van der Waals surface area contributed by atoms with Gasteiger partial charge in [-0.2, -0.15) is 5.26 Å². The molecule has 0 aromatic heterocycles. The van der Waals surface area contributed by atoms with Crippen LogP contribution < -0.4 is 10.6 Å². The maximum absolute atomic E-state index is 13.0. The smallest absolute Gasteiger partial charge is 0.325 e. The lowest BCUT2D eigenvalue weighted by Gasteiger charge is -2.24. The van der Waals surface area contributed by atoms with Crippen molar-refractivity contribution >= 4 is 17.8 Å². The number of amides is 4. The van der Waals surface area contributed by atoms with E-state index in [-0.39, 0.29) is 0 Å². The molecule has 0 radical (unpaired) electrons. The van der Waals surface area contributed by atoms with E-state index in [0.29, 0.717) is 18.4 Å². The first kappa shape index (κ1) is 19.9. The Kier molecular flexibility index (Phi) is 5.41. The van der Waals surface area contributed by atoms with E-state index in [1.807, 2.05) is 24.3 Å². The van der Waals surface area contributed by atoms with Crippen LogP contribution >= 0.6 is 0 Å². The summed E-state index contributed by atoms with van der Waals surface area (Å²) in [6.45, 7) is 3.35. The molecule has 1 aromatic carbocycles. The summed E-state index contributed by atoms with van der Waals surface area (Å²) in [4.78, 5) is 38.7. The van der Waals surface area contributed by atoms with Crippen molar-refractivity contribution < 1.29 is 14.4 Å². The van der Waals surface area contributed by atoms with Crippen LogP contribution in [0.4, 0.5) is 4.79 Å². The van der Waals surface area contributed by atoms with Crippen LogP contribution in [0.5, 0.6) is 0 Å². The molecule has 1 aliphatic carbocycles. The minimum absolute atomic E-state index is 0.391. The molecular formula is C21H26N4O3. The number of rotatable bonds is 6. The normalized spacial score (nSPS) is 23.4. The maximum Gasteiger partial charge on any atom is 0.325 e. The van der Waals surface area contributed by atoms with Crippen molar-refractivity contribution in [1.29, 1.82) is 5.26 Å². The van der Waals surface area contributed by atoms with Crippen molar-refractivity contribution in [2.24, 2.45) is 0 Å². The predicted octanol–water partition coefficient (Wildman–Crippen LogP) is 2.36. The Morgan fingerprint density at radius 3 is 2.46 bits per heavy atom. The van der Waals surface area contributed by atoms with Crippen LogP contribution in [0, 0.1) is 11.3 Å². The second-order valence-electron chi connectivity index (χ2n) is 7.84. The van der Waals surface area contributed by atoms with Gasteiger partial charge in [-0.3, -0.25) is 14.5 Å². The summed E-state index contributed by atoms with van der Waals surface area (Å²) < 4.78 is 0. The fourth-order valence-electron chi connectivity index (χ4n) is 4.02. The van der Waals surface area contributed by atoms with Crippen LogP contribution in [0.2, 0.25) is 0 Å². The number of aryl methyl sites for hydroxylation is 1. The van der Waals surface area contributed by atoms with Gasteiger partial charge in [0, 0.05) is 0 Å². The van der Waals surface area contributed by atoms with Crippen LogP contribution in [0.1, 0.15) is 57.1 Å². The molecule has 2 aliphatic rings. The third kappa shape index (κ3) is 3.59. The first-order valence-corrected chi connectivity index (χ1v) is 9.79. The second kappa shape index (κ2) is 7.63. The van der Waals surface area contributed by atoms with Gasteiger partial charge in [0.05, 0.1) is 6.07 Å². The first-order valence-electron chi connectivity index (χ1n) is 9.79. The molecule has 148 valence electrons. The molecule has 0 bridgehead atoms. The molecule has 2 fully saturated rings. The fraction of sp³-hybridized carbons (Fsp3) is 0.524. The van der Waals surface area contributed by atoms with Crippen molar-refractivity contribution in [2.45, 2.75) is 63.5 Å². The molecule has 1 saturated heterocycles. The van der Waals surface area contributed by atoms with Crippen molar-refractivity contribution in [2.75, 3.05) is 6.54 Å². The van der Waals surface area contributed by atoms with Crippen molar-refractivity contribution in [1.82, 2.24) is 15.5 Å². The van der Waals surface area contributed by atoms with Gasteiger partial charge >= 0.3 is 6.03 Å². The van der Waals surface area contributed by atoms with E-state index < -0.39 is 35.5 Å². The minimum Gasteiger partial charge on any atom is -0.336 e. The molecule has 1 atom stereocenters. The average Bonchev–Trinajstić information content (AvgIpc) is 3.22. The fourth-order valence-corrected chi connectivity index (χ4v) is 4.02. The summed E-state index contributed by atoms with van der Waals surface area (Å²) in [7, 11) is 0. The van der Waals surface area contributed by atoms with Crippen LogP contribution in [-0.2, 0) is 21.5 Å². The zero-order valence-corrected chi connectivity index (χ0v) is 16.4. The lowest BCUT2D eigenvalue weighted by molar-refractivity contribution is -0.135. The zero-order chi connectivity index (χ0) is 20.4. The van der Waals surface area contributed by atoms with Crippen LogP contribution in [0.3, 0.4) is 0 Å². The van der Waals surface area contributed by atoms with Gasteiger partial charge in [-0.25, -0.2) is 4.79 Å². The molecule has 28 heavy (non-hydrogen) atoms. The van der Waals surface area contributed by atoms with E-state index in [1.54, 1.807) is 6.92 Å². The standard InChI is InChI=1S/C21H26N4O3/c1-3-6-15-7-9-16(10-8-15)20(2)18(27)25(19(28)24-20)13-17(26)23-21(14-22)11-4-5-12-21/h7-10H,3-6,11-13H2,1-2H3,(H,23,26)(H,24,28). The Bertz CT molecular complexity index is 821. The number of urea groups is 1. The third-order valence-corrected chi connectivity index (χ3v) is 5.70. The van der Waals surface area contributed by atoms with E-state index >= 15 is 0 Å². The summed E-state index contributed by atoms with van der Waals surface area (Å²) in [6, 6.07) is 9.17. The number of nitriles is 1. The number of hydrogen-bond donors (Lipinski definition) is 2. The molecule has 1 aliphatic heterocycles. The summed E-state index contributed by atoms with van der Waals surface area (Å²) in [5.41, 5.74) is -0.240. The Balaban J connectivity index is 1.72. The molecule has 3 rings (SSSR count). The Morgan fingerprint density at radius 1 is 1.25 bits per heavy atom. The number of hydrogen-bond acceptors (Lipinski definition) is 4. The lowest BCUT2D eigenvalue weighted by Crippen LogP contribution is -2.50. The molecule has 0 spiro atoms. The van der Waals surface area contributed by atoms with Gasteiger partial charge in [-0.15, -0.1) is 0 Å². The van der Waals surface area contributed by atoms with Crippen molar-refractivity contribution in [3.63, 3.8) is 0 Å². The van der Waals surface area contributed by atoms with Crippen molar-refractivity contribution in [3.05, 3.63) is 35.4 Å². The SMILES string of the molecule is CCCc1ccc(C2(C)NC(=O)N(CC(=O)NC3(C#N)CCCC3)C2=O)cc1. The number of nitrogens with one attached hydrogen (secondary N) is 2. The highest BCUT2D eigenvalue weighted by Crippen LogP contribution is 2.30. The molecule has 1 heterocycles. The lowest BCUT2D eigenvalue weighted by atomic mass is 9.91. The second-order valence-corrected chi connectivity index (χ2v) is 7.84. The van der Waals surface area contributed by atoms with Crippen LogP contribution in [-0.4, -0.2) is 34.8 Å². The number of carbonyl (C=O) groups is 3. The number of carbonyl (C=O) groups excluding carboxylic acids is 3. The first-order chi connectivity index (χ1) is 13.3.